The molecule has 1 fully saturated rings. The van der Waals surface area contributed by atoms with E-state index in [9.17, 15) is 22.8 Å². The van der Waals surface area contributed by atoms with Gasteiger partial charge in [-0.15, -0.1) is 0 Å². The molecule has 2 rings (SSSR count). The molecule has 3 atom stereocenters. The van der Waals surface area contributed by atoms with Crippen LogP contribution in [-0.4, -0.2) is 23.0 Å². The lowest BCUT2D eigenvalue weighted by Gasteiger charge is -2.18. The number of carboxylic acids is 1. The molecule has 1 aliphatic rings. The minimum atomic E-state index is -4.42. The van der Waals surface area contributed by atoms with Crippen LogP contribution in [0.15, 0.2) is 24.3 Å². The maximum Gasteiger partial charge on any atom is 0.416 e. The van der Waals surface area contributed by atoms with Gasteiger partial charge in [-0.25, -0.2) is 4.79 Å². The van der Waals surface area contributed by atoms with Crippen LogP contribution >= 0.6 is 0 Å². The zero-order chi connectivity index (χ0) is 17.4. The van der Waals surface area contributed by atoms with Crippen LogP contribution in [0.5, 0.6) is 0 Å². The number of halogens is 3. The van der Waals surface area contributed by atoms with Crippen LogP contribution in [0, 0.1) is 11.8 Å². The standard InChI is InChI=1S/C16H18F3NO3/c1-8(2)13(15(22)23)20-14(21)12-7-11(12)9-4-3-5-10(6-9)16(17,18)19/h3-6,8,11-13H,7H2,1-2H3,(H,20,21)(H,22,23). The molecule has 0 saturated heterocycles. The minimum absolute atomic E-state index is 0.276. The molecule has 7 heteroatoms. The lowest BCUT2D eigenvalue weighted by atomic mass is 10.0. The number of rotatable bonds is 5. The van der Waals surface area contributed by atoms with E-state index in [1.807, 2.05) is 0 Å². The second-order valence-electron chi connectivity index (χ2n) is 6.14. The maximum atomic E-state index is 12.7. The summed E-state index contributed by atoms with van der Waals surface area (Å²) in [7, 11) is 0. The number of alkyl halides is 3. The van der Waals surface area contributed by atoms with Crippen LogP contribution < -0.4 is 5.32 Å². The van der Waals surface area contributed by atoms with Crippen molar-refractivity contribution in [1.82, 2.24) is 5.32 Å². The van der Waals surface area contributed by atoms with Gasteiger partial charge in [-0.1, -0.05) is 32.0 Å². The van der Waals surface area contributed by atoms with E-state index < -0.39 is 35.6 Å². The number of benzene rings is 1. The average molecular weight is 329 g/mol. The molecular weight excluding hydrogens is 311 g/mol. The van der Waals surface area contributed by atoms with Crippen molar-refractivity contribution in [3.63, 3.8) is 0 Å². The summed E-state index contributed by atoms with van der Waals surface area (Å²) in [5.41, 5.74) is -0.289. The highest BCUT2D eigenvalue weighted by Gasteiger charge is 2.45. The molecule has 23 heavy (non-hydrogen) atoms. The van der Waals surface area contributed by atoms with Gasteiger partial charge in [0, 0.05) is 5.92 Å². The van der Waals surface area contributed by atoms with Crippen LogP contribution in [0.25, 0.3) is 0 Å². The zero-order valence-corrected chi connectivity index (χ0v) is 12.7. The van der Waals surface area contributed by atoms with E-state index in [2.05, 4.69) is 5.32 Å². The Morgan fingerprint density at radius 1 is 1.30 bits per heavy atom. The Bertz CT molecular complexity index is 613. The number of hydrogen-bond acceptors (Lipinski definition) is 2. The fraction of sp³-hybridized carbons (Fsp3) is 0.500. The first-order chi connectivity index (χ1) is 10.6. The number of nitrogens with one attached hydrogen (secondary N) is 1. The Morgan fingerprint density at radius 2 is 1.96 bits per heavy atom. The lowest BCUT2D eigenvalue weighted by molar-refractivity contribution is -0.143. The molecule has 1 saturated carbocycles. The largest absolute Gasteiger partial charge is 0.480 e. The molecule has 4 nitrogen and oxygen atoms in total. The van der Waals surface area contributed by atoms with E-state index >= 15 is 0 Å². The van der Waals surface area contributed by atoms with Crippen molar-refractivity contribution in [3.05, 3.63) is 35.4 Å². The van der Waals surface area contributed by atoms with E-state index in [0.29, 0.717) is 12.0 Å². The Labute approximate surface area is 131 Å². The van der Waals surface area contributed by atoms with Gasteiger partial charge in [0.1, 0.15) is 6.04 Å². The van der Waals surface area contributed by atoms with Gasteiger partial charge in [0.15, 0.2) is 0 Å². The number of carbonyl (C=O) groups is 2. The second-order valence-corrected chi connectivity index (χ2v) is 6.14. The summed E-state index contributed by atoms with van der Waals surface area (Å²) in [4.78, 5) is 23.2. The molecule has 3 unspecified atom stereocenters. The summed E-state index contributed by atoms with van der Waals surface area (Å²) in [6.07, 6.45) is -3.99. The molecule has 2 N–H and O–H groups in total. The highest BCUT2D eigenvalue weighted by molar-refractivity contribution is 5.87. The molecule has 1 aliphatic carbocycles. The Morgan fingerprint density at radius 3 is 2.48 bits per heavy atom. The minimum Gasteiger partial charge on any atom is -0.480 e. The first kappa shape index (κ1) is 17.3. The molecule has 0 spiro atoms. The van der Waals surface area contributed by atoms with Gasteiger partial charge in [0.2, 0.25) is 5.91 Å². The monoisotopic (exact) mass is 329 g/mol. The molecule has 1 aromatic rings. The van der Waals surface area contributed by atoms with Gasteiger partial charge in [0.05, 0.1) is 5.56 Å². The van der Waals surface area contributed by atoms with Crippen LogP contribution in [0.3, 0.4) is 0 Å². The number of carbonyl (C=O) groups excluding carboxylic acids is 1. The van der Waals surface area contributed by atoms with Crippen molar-refractivity contribution in [3.8, 4) is 0 Å². The fourth-order valence-electron chi connectivity index (χ4n) is 2.57. The normalized spacial score (nSPS) is 21.8. The Kier molecular flexibility index (Phi) is 4.68. The fourth-order valence-corrected chi connectivity index (χ4v) is 2.57. The predicted octanol–water partition coefficient (Wildman–Crippen LogP) is 3.03. The van der Waals surface area contributed by atoms with Crippen LogP contribution in [0.4, 0.5) is 13.2 Å². The first-order valence-corrected chi connectivity index (χ1v) is 7.31. The zero-order valence-electron chi connectivity index (χ0n) is 12.7. The number of amides is 1. The van der Waals surface area contributed by atoms with E-state index in [1.54, 1.807) is 19.9 Å². The Hall–Kier alpha value is -2.05. The average Bonchev–Trinajstić information content (AvgIpc) is 3.23. The summed E-state index contributed by atoms with van der Waals surface area (Å²) >= 11 is 0. The summed E-state index contributed by atoms with van der Waals surface area (Å²) in [5.74, 6) is -2.58. The molecule has 0 aromatic heterocycles. The quantitative estimate of drug-likeness (QED) is 0.872. The smallest absolute Gasteiger partial charge is 0.416 e. The summed E-state index contributed by atoms with van der Waals surface area (Å²) < 4.78 is 38.1. The number of hydrogen-bond donors (Lipinski definition) is 2. The first-order valence-electron chi connectivity index (χ1n) is 7.31. The van der Waals surface area contributed by atoms with E-state index in [1.165, 1.54) is 6.07 Å². The highest BCUT2D eigenvalue weighted by atomic mass is 19.4. The molecule has 0 bridgehead atoms. The van der Waals surface area contributed by atoms with E-state index in [4.69, 9.17) is 5.11 Å². The summed E-state index contributed by atoms with van der Waals surface area (Å²) in [6.45, 7) is 3.35. The molecule has 1 amide bonds. The molecule has 126 valence electrons. The van der Waals surface area contributed by atoms with Gasteiger partial charge < -0.3 is 10.4 Å². The molecule has 0 radical (unpaired) electrons. The van der Waals surface area contributed by atoms with Gasteiger partial charge in [-0.05, 0) is 29.9 Å². The molecule has 0 aliphatic heterocycles. The number of aliphatic carboxylic acids is 1. The maximum absolute atomic E-state index is 12.7. The van der Waals surface area contributed by atoms with Gasteiger partial charge in [0.25, 0.3) is 0 Å². The van der Waals surface area contributed by atoms with Crippen molar-refractivity contribution in [1.29, 1.82) is 0 Å². The second kappa shape index (κ2) is 6.22. The van der Waals surface area contributed by atoms with E-state index in [0.717, 1.165) is 12.1 Å². The van der Waals surface area contributed by atoms with Crippen molar-refractivity contribution < 1.29 is 27.9 Å². The van der Waals surface area contributed by atoms with Gasteiger partial charge in [-0.2, -0.15) is 13.2 Å². The Balaban J connectivity index is 2.05. The van der Waals surface area contributed by atoms with Crippen molar-refractivity contribution >= 4 is 11.9 Å². The molecule has 0 heterocycles. The lowest BCUT2D eigenvalue weighted by Crippen LogP contribution is -2.45. The van der Waals surface area contributed by atoms with Crippen molar-refractivity contribution in [2.45, 2.75) is 38.4 Å². The van der Waals surface area contributed by atoms with Crippen LogP contribution in [0.2, 0.25) is 0 Å². The third-order valence-electron chi connectivity index (χ3n) is 4.00. The van der Waals surface area contributed by atoms with Crippen molar-refractivity contribution in [2.24, 2.45) is 11.8 Å². The highest BCUT2D eigenvalue weighted by Crippen LogP contribution is 2.48. The third kappa shape index (κ3) is 4.03. The summed E-state index contributed by atoms with van der Waals surface area (Å²) in [6, 6.07) is 3.92. The van der Waals surface area contributed by atoms with Crippen molar-refractivity contribution in [2.75, 3.05) is 0 Å². The van der Waals surface area contributed by atoms with E-state index in [-0.39, 0.29) is 11.8 Å². The van der Waals surface area contributed by atoms with Gasteiger partial charge >= 0.3 is 12.1 Å². The topological polar surface area (TPSA) is 66.4 Å². The SMILES string of the molecule is CC(C)C(NC(=O)C1CC1c1cccc(C(F)(F)F)c1)C(=O)O. The van der Waals surface area contributed by atoms with Crippen LogP contribution in [0.1, 0.15) is 37.3 Å². The molecular formula is C16H18F3NO3. The third-order valence-corrected chi connectivity index (χ3v) is 4.00. The van der Waals surface area contributed by atoms with Gasteiger partial charge in [-0.3, -0.25) is 4.79 Å². The predicted molar refractivity (Wildman–Crippen MR) is 76.7 cm³/mol. The molecule has 1 aromatic carbocycles. The summed E-state index contributed by atoms with van der Waals surface area (Å²) in [5, 5.41) is 11.5. The number of carboxylic acid groups (broad SMARTS) is 1. The van der Waals surface area contributed by atoms with Crippen LogP contribution in [-0.2, 0) is 15.8 Å².